The van der Waals surface area contributed by atoms with Crippen LogP contribution in [-0.2, 0) is 13.1 Å². The van der Waals surface area contributed by atoms with Gasteiger partial charge in [0.05, 0.1) is 55.2 Å². The molecule has 0 aliphatic carbocycles. The summed E-state index contributed by atoms with van der Waals surface area (Å²) in [6.45, 7) is 6.31. The van der Waals surface area contributed by atoms with Crippen LogP contribution in [0.5, 0.6) is 0 Å². The standard InChI is InChI=1S/C60H42N4.C52H32N6/c1-3-61-53-27-15-17-39-36-46(38-30-32-52-48(34-38)44-24-12-14-26-50(44)64(52)42-21-9-6-10-22-42)60-58(55(39)53)57-56-40(18-16-28-54(56)62(60)4-2)35-45(59(57)61)37-29-31-51-47(33-37)43-23-11-13-25-49(43)63(51)41-19-7-5-8-20-41;1-5-15-33(16-6-1)51-53-29-37(30-54-51)41-27-35-19-13-26-44-45(35)47-48-46-36(20-14-25-43(46)57(49(41)47)39-21-9-3-10-22-39)28-42(50(48)58(44)40-23-11-4-12-24-40)38-31-55-52(56-32-38)34-17-7-2-8-18-34/h5-36H,3-4H2,1-2H3;1-32H. The average Bonchev–Trinajstić information content (AvgIpc) is 0.914. The van der Waals surface area contributed by atoms with Crippen LogP contribution < -0.4 is 0 Å². The second kappa shape index (κ2) is 27.3. The van der Waals surface area contributed by atoms with Crippen LogP contribution in [0.2, 0.25) is 0 Å². The molecule has 18 aromatic carbocycles. The van der Waals surface area contributed by atoms with Gasteiger partial charge in [0.1, 0.15) is 0 Å². The largest absolute Gasteiger partial charge is 0.340 e. The minimum absolute atomic E-state index is 0.698. The number of aromatic nitrogens is 10. The summed E-state index contributed by atoms with van der Waals surface area (Å²) in [5, 5.41) is 14.9. The molecule has 572 valence electrons. The number of fused-ring (bicyclic) bond motifs is 6. The summed E-state index contributed by atoms with van der Waals surface area (Å²) in [7, 11) is 0. The molecule has 4 aliphatic heterocycles. The first-order chi connectivity index (χ1) is 60.5. The summed E-state index contributed by atoms with van der Waals surface area (Å²) in [5.74, 6) is 1.40. The van der Waals surface area contributed by atoms with Crippen molar-refractivity contribution in [3.8, 4) is 112 Å². The molecule has 0 unspecified atom stereocenters. The molecule has 4 aliphatic rings. The van der Waals surface area contributed by atoms with E-state index in [-0.39, 0.29) is 0 Å². The Labute approximate surface area is 701 Å². The minimum Gasteiger partial charge on any atom is -0.340 e. The zero-order valence-corrected chi connectivity index (χ0v) is 66.8. The smallest absolute Gasteiger partial charge is 0.159 e. The van der Waals surface area contributed by atoms with E-state index < -0.39 is 0 Å². The lowest BCUT2D eigenvalue weighted by Gasteiger charge is -2.31. The first-order valence-electron chi connectivity index (χ1n) is 42.1. The average molecular weight is 1560 g/mol. The van der Waals surface area contributed by atoms with Crippen LogP contribution >= 0.6 is 0 Å². The number of aryl methyl sites for hydroxylation is 2. The Morgan fingerprint density at radius 3 is 0.836 bits per heavy atom. The van der Waals surface area contributed by atoms with E-state index in [1.54, 1.807) is 0 Å². The van der Waals surface area contributed by atoms with Crippen LogP contribution in [0.1, 0.15) is 13.8 Å². The molecule has 0 fully saturated rings. The molecule has 26 rings (SSSR count). The van der Waals surface area contributed by atoms with Crippen molar-refractivity contribution in [3.05, 3.63) is 389 Å². The van der Waals surface area contributed by atoms with Crippen LogP contribution in [-0.4, -0.2) is 47.3 Å². The van der Waals surface area contributed by atoms with E-state index in [9.17, 15) is 0 Å². The van der Waals surface area contributed by atoms with Crippen molar-refractivity contribution < 1.29 is 0 Å². The molecular formula is C112H74N10. The van der Waals surface area contributed by atoms with Crippen molar-refractivity contribution in [3.63, 3.8) is 0 Å². The summed E-state index contributed by atoms with van der Waals surface area (Å²) in [6.07, 6.45) is 7.91. The molecule has 0 atom stereocenters. The summed E-state index contributed by atoms with van der Waals surface area (Å²) < 4.78 is 14.9. The van der Waals surface area contributed by atoms with Gasteiger partial charge in [-0.1, -0.05) is 231 Å². The van der Waals surface area contributed by atoms with E-state index >= 15 is 0 Å². The third kappa shape index (κ3) is 10.2. The van der Waals surface area contributed by atoms with Gasteiger partial charge in [0.15, 0.2) is 11.6 Å². The van der Waals surface area contributed by atoms with Crippen LogP contribution in [0.4, 0.5) is 0 Å². The summed E-state index contributed by atoms with van der Waals surface area (Å²) >= 11 is 0. The third-order valence-corrected chi connectivity index (χ3v) is 25.7. The molecule has 4 aromatic heterocycles. The molecule has 0 spiro atoms. The lowest BCUT2D eigenvalue weighted by molar-refractivity contribution is 0.813. The SMILES string of the molecule is CCn1c2c(-c3ccc4c(c3)c3ccccc3n4-c3ccccc3)cc3cccc4c3c2-c2c3c(cccc31)cc(-c1ccc3c(c1)c1ccccc1n3-c1ccccc1)c2n4CC.c1ccc(-c2ncc(-c3cc4cccc5c4c4c3n(-c3ccccc3)c3cccc6cc(-c7cnc(-c8ccccc8)nc7)c(c-4c63)n5-c3ccccc3)cn2)cc1. The van der Waals surface area contributed by atoms with Gasteiger partial charge in [0.2, 0.25) is 0 Å². The molecule has 0 amide bonds. The van der Waals surface area contributed by atoms with Gasteiger partial charge in [-0.05, 0) is 180 Å². The topological polar surface area (TPSA) is 81.1 Å². The highest BCUT2D eigenvalue weighted by Gasteiger charge is 2.34. The molecule has 0 N–H and O–H groups in total. The molecule has 10 heteroatoms. The molecule has 22 aromatic rings. The number of benzene rings is 18. The molecular weight excluding hydrogens is 1490 g/mol. The van der Waals surface area contributed by atoms with E-state index in [0.717, 1.165) is 90.7 Å². The van der Waals surface area contributed by atoms with Crippen molar-refractivity contribution in [1.29, 1.82) is 0 Å². The highest BCUT2D eigenvalue weighted by molar-refractivity contribution is 6.32. The monoisotopic (exact) mass is 1560 g/mol. The molecule has 0 saturated carbocycles. The van der Waals surface area contributed by atoms with Gasteiger partial charge in [-0.2, -0.15) is 0 Å². The number of nitrogens with zero attached hydrogens (tertiary/aromatic N) is 10. The maximum absolute atomic E-state index is 4.95. The molecule has 8 heterocycles. The van der Waals surface area contributed by atoms with Crippen molar-refractivity contribution >= 4 is 131 Å². The van der Waals surface area contributed by atoms with Gasteiger partial charge in [0, 0.05) is 182 Å². The highest BCUT2D eigenvalue weighted by Crippen LogP contribution is 2.57. The van der Waals surface area contributed by atoms with Crippen molar-refractivity contribution in [2.24, 2.45) is 0 Å². The van der Waals surface area contributed by atoms with E-state index in [1.807, 2.05) is 85.5 Å². The van der Waals surface area contributed by atoms with E-state index in [2.05, 4.69) is 345 Å². The van der Waals surface area contributed by atoms with Gasteiger partial charge >= 0.3 is 0 Å². The minimum atomic E-state index is 0.698. The number of pyridine rings is 4. The normalized spacial score (nSPS) is 12.1. The zero-order chi connectivity index (χ0) is 80.4. The van der Waals surface area contributed by atoms with Gasteiger partial charge in [-0.3, -0.25) is 0 Å². The molecule has 122 heavy (non-hydrogen) atoms. The maximum Gasteiger partial charge on any atom is 0.159 e. The quantitative estimate of drug-likeness (QED) is 0.0901. The lowest BCUT2D eigenvalue weighted by Crippen LogP contribution is -2.12. The predicted molar refractivity (Wildman–Crippen MR) is 507 cm³/mol. The van der Waals surface area contributed by atoms with Gasteiger partial charge in [-0.25, -0.2) is 19.9 Å². The van der Waals surface area contributed by atoms with Crippen LogP contribution in [0, 0.1) is 0 Å². The molecule has 0 saturated heterocycles. The first-order valence-corrected chi connectivity index (χ1v) is 42.1. The Morgan fingerprint density at radius 1 is 0.205 bits per heavy atom. The van der Waals surface area contributed by atoms with E-state index in [1.165, 1.54) is 154 Å². The number of para-hydroxylation sites is 6. The fourth-order valence-electron chi connectivity index (χ4n) is 20.6. The molecule has 0 bridgehead atoms. The third-order valence-electron chi connectivity index (χ3n) is 25.7. The van der Waals surface area contributed by atoms with Crippen molar-refractivity contribution in [2.45, 2.75) is 26.9 Å². The zero-order valence-electron chi connectivity index (χ0n) is 66.8. The Bertz CT molecular complexity index is 8030. The Morgan fingerprint density at radius 2 is 0.484 bits per heavy atom. The van der Waals surface area contributed by atoms with Crippen LogP contribution in [0.3, 0.4) is 0 Å². The Kier molecular flexibility index (Phi) is 15.4. The van der Waals surface area contributed by atoms with Gasteiger partial charge in [-0.15, -0.1) is 0 Å². The van der Waals surface area contributed by atoms with Crippen molar-refractivity contribution in [1.82, 2.24) is 47.3 Å². The number of hydrogen-bond acceptors (Lipinski definition) is 4. The second-order valence-electron chi connectivity index (χ2n) is 32.1. The number of hydrogen-bond donors (Lipinski definition) is 0. The Balaban J connectivity index is 0.000000135. The first kappa shape index (κ1) is 69.1. The van der Waals surface area contributed by atoms with E-state index in [0.29, 0.717) is 11.6 Å². The van der Waals surface area contributed by atoms with Gasteiger partial charge < -0.3 is 27.4 Å². The summed E-state index contributed by atoms with van der Waals surface area (Å²) in [6, 6.07) is 132. The summed E-state index contributed by atoms with van der Waals surface area (Å²) in [5.41, 5.74) is 35.0. The Hall–Kier alpha value is -16.0. The highest BCUT2D eigenvalue weighted by atomic mass is 15.0. The lowest BCUT2D eigenvalue weighted by atomic mass is 9.82. The van der Waals surface area contributed by atoms with Crippen LogP contribution in [0.15, 0.2) is 389 Å². The fourth-order valence-corrected chi connectivity index (χ4v) is 20.6. The predicted octanol–water partition coefficient (Wildman–Crippen LogP) is 28.7. The second-order valence-corrected chi connectivity index (χ2v) is 32.1. The number of rotatable bonds is 12. The molecule has 10 nitrogen and oxygen atoms in total. The molecule has 0 radical (unpaired) electrons. The van der Waals surface area contributed by atoms with Crippen molar-refractivity contribution in [2.75, 3.05) is 0 Å². The van der Waals surface area contributed by atoms with Crippen LogP contribution in [0.25, 0.3) is 243 Å². The van der Waals surface area contributed by atoms with Gasteiger partial charge in [0.25, 0.3) is 0 Å². The summed E-state index contributed by atoms with van der Waals surface area (Å²) in [4.78, 5) is 19.8. The maximum atomic E-state index is 4.95. The fraction of sp³-hybridized carbons (Fsp3) is 0.0357. The van der Waals surface area contributed by atoms with E-state index in [4.69, 9.17) is 19.9 Å².